The lowest BCUT2D eigenvalue weighted by Crippen LogP contribution is -1.88. The molecule has 0 saturated heterocycles. The second-order valence-corrected chi connectivity index (χ2v) is 3.49. The molecule has 1 aromatic heterocycles. The van der Waals surface area contributed by atoms with Gasteiger partial charge < -0.3 is 4.57 Å². The van der Waals surface area contributed by atoms with E-state index < -0.39 is 0 Å². The van der Waals surface area contributed by atoms with Gasteiger partial charge in [-0.2, -0.15) is 0 Å². The van der Waals surface area contributed by atoms with E-state index in [9.17, 15) is 0 Å². The summed E-state index contributed by atoms with van der Waals surface area (Å²) in [5, 5.41) is 0. The number of hydrogen-bond acceptors (Lipinski definition) is 1. The number of hydrogen-bond donors (Lipinski definition) is 0. The zero-order valence-electron chi connectivity index (χ0n) is 7.49. The molecule has 0 atom stereocenters. The smallest absolute Gasteiger partial charge is 0.140 e. The monoisotopic (exact) mass is 170 g/mol. The Morgan fingerprint density at radius 3 is 3.08 bits per heavy atom. The van der Waals surface area contributed by atoms with Crippen molar-refractivity contribution >= 4 is 0 Å². The van der Waals surface area contributed by atoms with E-state index in [4.69, 9.17) is 0 Å². The lowest BCUT2D eigenvalue weighted by Gasteiger charge is -1.94. The van der Waals surface area contributed by atoms with Crippen molar-refractivity contribution in [1.82, 2.24) is 9.55 Å². The second kappa shape index (κ2) is 2.22. The minimum absolute atomic E-state index is 0.979. The minimum Gasteiger partial charge on any atom is -0.326 e. The van der Waals surface area contributed by atoms with Crippen LogP contribution in [-0.4, -0.2) is 9.55 Å². The molecule has 64 valence electrons. The number of imidazole rings is 1. The van der Waals surface area contributed by atoms with Crippen LogP contribution in [0.25, 0.3) is 11.4 Å². The van der Waals surface area contributed by atoms with E-state index in [1.165, 1.54) is 11.1 Å². The fourth-order valence-electron chi connectivity index (χ4n) is 1.94. The second-order valence-electron chi connectivity index (χ2n) is 3.49. The zero-order valence-corrected chi connectivity index (χ0v) is 7.49. The zero-order chi connectivity index (χ0) is 8.84. The minimum atomic E-state index is 0.979. The highest BCUT2D eigenvalue weighted by Gasteiger charge is 2.18. The molecule has 2 heterocycles. The molecule has 3 rings (SSSR count). The average molecular weight is 170 g/mol. The number of rotatable bonds is 0. The van der Waals surface area contributed by atoms with Gasteiger partial charge in [0.2, 0.25) is 0 Å². The molecule has 0 fully saturated rings. The highest BCUT2D eigenvalue weighted by atomic mass is 15.1. The van der Waals surface area contributed by atoms with E-state index in [0.29, 0.717) is 0 Å². The quantitative estimate of drug-likeness (QED) is 0.506. The number of fused-ring (bicyclic) bond motifs is 3. The molecular formula is C11H10N2. The summed E-state index contributed by atoms with van der Waals surface area (Å²) < 4.78 is 2.21. The highest BCUT2D eigenvalue weighted by Crippen LogP contribution is 2.30. The van der Waals surface area contributed by atoms with Crippen molar-refractivity contribution in [2.75, 3.05) is 0 Å². The Hall–Kier alpha value is -1.57. The van der Waals surface area contributed by atoms with Crippen molar-refractivity contribution < 1.29 is 0 Å². The van der Waals surface area contributed by atoms with Gasteiger partial charge in [-0.25, -0.2) is 4.98 Å². The summed E-state index contributed by atoms with van der Waals surface area (Å²) in [6.07, 6.45) is 2.11. The first-order valence-corrected chi connectivity index (χ1v) is 4.46. The van der Waals surface area contributed by atoms with E-state index in [2.05, 4.69) is 40.0 Å². The molecule has 0 radical (unpaired) electrons. The maximum Gasteiger partial charge on any atom is 0.140 e. The number of aromatic nitrogens is 2. The Balaban J connectivity index is 2.30. The molecule has 0 bridgehead atoms. The normalized spacial score (nSPS) is 12.7. The first kappa shape index (κ1) is 6.89. The molecule has 0 N–H and O–H groups in total. The van der Waals surface area contributed by atoms with Gasteiger partial charge in [-0.3, -0.25) is 0 Å². The van der Waals surface area contributed by atoms with Gasteiger partial charge in [-0.1, -0.05) is 24.3 Å². The lowest BCUT2D eigenvalue weighted by atomic mass is 10.1. The van der Waals surface area contributed by atoms with Crippen LogP contribution >= 0.6 is 0 Å². The third-order valence-corrected chi connectivity index (χ3v) is 2.50. The third-order valence-electron chi connectivity index (χ3n) is 2.50. The van der Waals surface area contributed by atoms with Crippen LogP contribution in [0, 0.1) is 6.92 Å². The Kier molecular flexibility index (Phi) is 1.18. The summed E-state index contributed by atoms with van der Waals surface area (Å²) >= 11 is 0. The molecule has 0 saturated carbocycles. The SMILES string of the molecule is Cc1cn2c(n1)-c1ccccc1C2. The molecule has 2 heteroatoms. The topological polar surface area (TPSA) is 17.8 Å². The van der Waals surface area contributed by atoms with E-state index >= 15 is 0 Å². The van der Waals surface area contributed by atoms with Gasteiger partial charge in [0.1, 0.15) is 5.82 Å². The molecule has 2 nitrogen and oxygen atoms in total. The highest BCUT2D eigenvalue weighted by molar-refractivity contribution is 5.64. The first-order chi connectivity index (χ1) is 6.34. The van der Waals surface area contributed by atoms with Crippen LogP contribution < -0.4 is 0 Å². The van der Waals surface area contributed by atoms with Crippen LogP contribution in [0.5, 0.6) is 0 Å². The van der Waals surface area contributed by atoms with Crippen molar-refractivity contribution in [2.45, 2.75) is 13.5 Å². The van der Waals surface area contributed by atoms with Crippen molar-refractivity contribution in [1.29, 1.82) is 0 Å². The van der Waals surface area contributed by atoms with Gasteiger partial charge in [0.25, 0.3) is 0 Å². The Morgan fingerprint density at radius 2 is 2.15 bits per heavy atom. The van der Waals surface area contributed by atoms with Crippen LogP contribution in [-0.2, 0) is 6.54 Å². The van der Waals surface area contributed by atoms with E-state index in [1.807, 2.05) is 6.92 Å². The number of aryl methyl sites for hydroxylation is 1. The van der Waals surface area contributed by atoms with Crippen molar-refractivity contribution in [3.05, 3.63) is 41.7 Å². The molecule has 13 heavy (non-hydrogen) atoms. The van der Waals surface area contributed by atoms with E-state index in [1.54, 1.807) is 0 Å². The summed E-state index contributed by atoms with van der Waals surface area (Å²) in [4.78, 5) is 4.50. The van der Waals surface area contributed by atoms with E-state index in [0.717, 1.165) is 18.1 Å². The van der Waals surface area contributed by atoms with Gasteiger partial charge in [0.15, 0.2) is 0 Å². The van der Waals surface area contributed by atoms with Crippen LogP contribution in [0.2, 0.25) is 0 Å². The molecule has 2 aromatic rings. The molecule has 1 aliphatic heterocycles. The lowest BCUT2D eigenvalue weighted by molar-refractivity contribution is 0.846. The Morgan fingerprint density at radius 1 is 1.31 bits per heavy atom. The third kappa shape index (κ3) is 0.856. The number of benzene rings is 1. The van der Waals surface area contributed by atoms with Gasteiger partial charge in [-0.05, 0) is 12.5 Å². The van der Waals surface area contributed by atoms with Gasteiger partial charge in [0, 0.05) is 18.3 Å². The van der Waals surface area contributed by atoms with Gasteiger partial charge >= 0.3 is 0 Å². The van der Waals surface area contributed by atoms with Crippen molar-refractivity contribution in [3.8, 4) is 11.4 Å². The fourth-order valence-corrected chi connectivity index (χ4v) is 1.94. The summed E-state index contributed by atoms with van der Waals surface area (Å²) in [5.74, 6) is 1.12. The Labute approximate surface area is 76.9 Å². The van der Waals surface area contributed by atoms with Crippen LogP contribution in [0.15, 0.2) is 30.5 Å². The van der Waals surface area contributed by atoms with Crippen molar-refractivity contribution in [2.24, 2.45) is 0 Å². The Bertz CT molecular complexity index is 469. The van der Waals surface area contributed by atoms with Gasteiger partial charge in [0.05, 0.1) is 5.69 Å². The maximum atomic E-state index is 4.50. The predicted octanol–water partition coefficient (Wildman–Crippen LogP) is 2.22. The largest absolute Gasteiger partial charge is 0.326 e. The number of nitrogens with zero attached hydrogens (tertiary/aromatic N) is 2. The van der Waals surface area contributed by atoms with Gasteiger partial charge in [-0.15, -0.1) is 0 Å². The fraction of sp³-hybridized carbons (Fsp3) is 0.182. The first-order valence-electron chi connectivity index (χ1n) is 4.46. The predicted molar refractivity (Wildman–Crippen MR) is 51.5 cm³/mol. The average Bonchev–Trinajstić information content (AvgIpc) is 2.60. The summed E-state index contributed by atoms with van der Waals surface area (Å²) in [7, 11) is 0. The molecule has 0 spiro atoms. The molecule has 1 aliphatic rings. The summed E-state index contributed by atoms with van der Waals surface area (Å²) in [6.45, 7) is 3.01. The maximum absolute atomic E-state index is 4.50. The molecular weight excluding hydrogens is 160 g/mol. The molecule has 1 aromatic carbocycles. The van der Waals surface area contributed by atoms with Crippen LogP contribution in [0.3, 0.4) is 0 Å². The van der Waals surface area contributed by atoms with Crippen molar-refractivity contribution in [3.63, 3.8) is 0 Å². The van der Waals surface area contributed by atoms with Crippen LogP contribution in [0.4, 0.5) is 0 Å². The van der Waals surface area contributed by atoms with Crippen LogP contribution in [0.1, 0.15) is 11.3 Å². The van der Waals surface area contributed by atoms with E-state index in [-0.39, 0.29) is 0 Å². The summed E-state index contributed by atoms with van der Waals surface area (Å²) in [6, 6.07) is 8.45. The molecule has 0 unspecified atom stereocenters. The molecule has 0 aliphatic carbocycles. The standard InChI is InChI=1S/C11H10N2/c1-8-6-13-7-9-4-2-3-5-10(9)11(13)12-8/h2-6H,7H2,1H3. The summed E-state index contributed by atoms with van der Waals surface area (Å²) in [5.41, 5.74) is 3.77. The molecule has 0 amide bonds.